The highest BCUT2D eigenvalue weighted by Gasteiger charge is 2.54. The summed E-state index contributed by atoms with van der Waals surface area (Å²) >= 11 is 1.33. The monoisotopic (exact) mass is 489 g/mol. The molecule has 0 aromatic heterocycles. The van der Waals surface area contributed by atoms with Crippen LogP contribution in [0.25, 0.3) is 0 Å². The van der Waals surface area contributed by atoms with Gasteiger partial charge in [-0.3, -0.25) is 14.5 Å². The molecule has 3 atom stereocenters. The Morgan fingerprint density at radius 1 is 1.29 bits per heavy atom. The number of nitrogens with zero attached hydrogens (tertiary/aromatic N) is 1. The van der Waals surface area contributed by atoms with E-state index < -0.39 is 46.9 Å². The average molecular weight is 490 g/mol. The number of thioether (sulfide) groups is 1. The SMILES string of the molecule is CC=CC1=C(C(=O)O)N2C(=O)C(NC(=O)C(NC(=O)OC(C)(C)C)c3cccc(O)c3)[C@@H]2SC1. The van der Waals surface area contributed by atoms with Crippen LogP contribution in [0.1, 0.15) is 39.3 Å². The highest BCUT2D eigenvalue weighted by atomic mass is 32.2. The van der Waals surface area contributed by atoms with Gasteiger partial charge in [0.15, 0.2) is 0 Å². The van der Waals surface area contributed by atoms with Crippen LogP contribution >= 0.6 is 11.8 Å². The first-order chi connectivity index (χ1) is 15.9. The number of β-lactam (4-membered cyclic amide) rings is 1. The molecule has 10 nitrogen and oxygen atoms in total. The third kappa shape index (κ3) is 5.36. The van der Waals surface area contributed by atoms with E-state index in [1.807, 2.05) is 0 Å². The van der Waals surface area contributed by atoms with E-state index in [1.165, 1.54) is 34.9 Å². The molecule has 0 radical (unpaired) electrons. The first-order valence-electron chi connectivity index (χ1n) is 10.6. The first kappa shape index (κ1) is 25.2. The number of hydrogen-bond donors (Lipinski definition) is 4. The standard InChI is InChI=1S/C23H27N3O7S/c1-5-7-13-11-34-20-16(19(29)26(20)17(13)21(30)31)24-18(28)15(12-8-6-9-14(27)10-12)25-22(32)33-23(2,3)4/h5-10,15-16,20,27H,11H2,1-4H3,(H,24,28)(H,25,32)(H,30,31)/t15?,16?,20-/m0/s1. The smallest absolute Gasteiger partial charge is 0.408 e. The molecule has 1 saturated heterocycles. The van der Waals surface area contributed by atoms with Crippen LogP contribution in [0.3, 0.4) is 0 Å². The molecule has 0 bridgehead atoms. The summed E-state index contributed by atoms with van der Waals surface area (Å²) in [7, 11) is 0. The molecule has 1 fully saturated rings. The van der Waals surface area contributed by atoms with Gasteiger partial charge >= 0.3 is 12.1 Å². The van der Waals surface area contributed by atoms with Gasteiger partial charge in [-0.2, -0.15) is 0 Å². The van der Waals surface area contributed by atoms with E-state index in [4.69, 9.17) is 4.74 Å². The molecule has 182 valence electrons. The number of carboxylic acid groups (broad SMARTS) is 1. The Morgan fingerprint density at radius 3 is 2.59 bits per heavy atom. The number of hydrogen-bond acceptors (Lipinski definition) is 7. The minimum atomic E-state index is -1.26. The molecular weight excluding hydrogens is 462 g/mol. The molecule has 3 rings (SSSR count). The van der Waals surface area contributed by atoms with Crippen LogP contribution in [0.5, 0.6) is 5.75 Å². The van der Waals surface area contributed by atoms with Crippen LogP contribution in [0.4, 0.5) is 4.79 Å². The van der Waals surface area contributed by atoms with Gasteiger partial charge in [-0.05, 0) is 51.0 Å². The molecule has 1 aromatic rings. The zero-order chi connectivity index (χ0) is 25.2. The van der Waals surface area contributed by atoms with Crippen molar-refractivity contribution in [1.29, 1.82) is 0 Å². The van der Waals surface area contributed by atoms with Crippen molar-refractivity contribution in [2.45, 2.75) is 50.8 Å². The molecule has 4 N–H and O–H groups in total. The molecule has 34 heavy (non-hydrogen) atoms. The van der Waals surface area contributed by atoms with Crippen molar-refractivity contribution in [2.24, 2.45) is 0 Å². The lowest BCUT2D eigenvalue weighted by molar-refractivity contribution is -0.150. The van der Waals surface area contributed by atoms with Gasteiger partial charge in [0, 0.05) is 5.75 Å². The van der Waals surface area contributed by atoms with E-state index in [-0.39, 0.29) is 17.0 Å². The van der Waals surface area contributed by atoms with E-state index in [9.17, 15) is 29.4 Å². The molecule has 0 spiro atoms. The lowest BCUT2D eigenvalue weighted by Gasteiger charge is -2.49. The van der Waals surface area contributed by atoms with Crippen molar-refractivity contribution in [3.05, 3.63) is 53.3 Å². The van der Waals surface area contributed by atoms with Crippen LogP contribution in [0.2, 0.25) is 0 Å². The summed E-state index contributed by atoms with van der Waals surface area (Å²) in [6, 6.07) is 3.56. The van der Waals surface area contributed by atoms with E-state index in [0.29, 0.717) is 11.3 Å². The number of phenolic OH excluding ortho intramolecular Hbond substituents is 1. The van der Waals surface area contributed by atoms with Crippen LogP contribution in [0.15, 0.2) is 47.7 Å². The molecule has 11 heteroatoms. The summed E-state index contributed by atoms with van der Waals surface area (Å²) in [5.74, 6) is -2.23. The minimum Gasteiger partial charge on any atom is -0.508 e. The van der Waals surface area contributed by atoms with Crippen LogP contribution in [0, 0.1) is 0 Å². The van der Waals surface area contributed by atoms with Crippen molar-refractivity contribution < 1.29 is 34.1 Å². The second-order valence-electron chi connectivity index (χ2n) is 8.75. The van der Waals surface area contributed by atoms with Gasteiger partial charge in [0.05, 0.1) is 0 Å². The Labute approximate surface area is 201 Å². The number of rotatable bonds is 6. The number of phenols is 1. The molecule has 2 unspecified atom stereocenters. The topological polar surface area (TPSA) is 145 Å². The summed E-state index contributed by atoms with van der Waals surface area (Å²) in [4.78, 5) is 51.4. The molecule has 2 aliphatic heterocycles. The zero-order valence-electron chi connectivity index (χ0n) is 19.2. The number of carboxylic acids is 1. The highest BCUT2D eigenvalue weighted by Crippen LogP contribution is 2.40. The fourth-order valence-corrected chi connectivity index (χ4v) is 4.96. The van der Waals surface area contributed by atoms with Crippen molar-refractivity contribution in [1.82, 2.24) is 15.5 Å². The van der Waals surface area contributed by atoms with E-state index in [0.717, 1.165) is 0 Å². The maximum atomic E-state index is 13.2. The number of ether oxygens (including phenoxy) is 1. The summed E-state index contributed by atoms with van der Waals surface area (Å²) < 4.78 is 5.25. The molecule has 3 amide bonds. The molecular formula is C23H27N3O7S. The van der Waals surface area contributed by atoms with Gasteiger partial charge in [0.1, 0.15) is 34.5 Å². The molecule has 0 saturated carbocycles. The molecule has 1 aromatic carbocycles. The number of carbonyl (C=O) groups is 4. The number of benzene rings is 1. The predicted octanol–water partition coefficient (Wildman–Crippen LogP) is 2.27. The summed E-state index contributed by atoms with van der Waals surface area (Å²) in [5.41, 5.74) is -0.116. The van der Waals surface area contributed by atoms with E-state index in [1.54, 1.807) is 45.9 Å². The van der Waals surface area contributed by atoms with Gasteiger partial charge in [-0.15, -0.1) is 11.8 Å². The Kier molecular flexibility index (Phi) is 7.25. The lowest BCUT2D eigenvalue weighted by Crippen LogP contribution is -2.71. The average Bonchev–Trinajstić information content (AvgIpc) is 2.74. The quantitative estimate of drug-likeness (QED) is 0.445. The predicted molar refractivity (Wildman–Crippen MR) is 125 cm³/mol. The lowest BCUT2D eigenvalue weighted by atomic mass is 10.0. The first-order valence-corrected chi connectivity index (χ1v) is 11.6. The number of fused-ring (bicyclic) bond motifs is 1. The van der Waals surface area contributed by atoms with Crippen molar-refractivity contribution in [3.63, 3.8) is 0 Å². The Bertz CT molecular complexity index is 1080. The number of nitrogens with one attached hydrogen (secondary N) is 2. The number of alkyl carbamates (subject to hydrolysis) is 1. The second kappa shape index (κ2) is 9.80. The Morgan fingerprint density at radius 2 is 2.00 bits per heavy atom. The fourth-order valence-electron chi connectivity index (χ4n) is 3.64. The van der Waals surface area contributed by atoms with Crippen LogP contribution in [-0.4, -0.2) is 61.8 Å². The number of amides is 3. The van der Waals surface area contributed by atoms with Gasteiger partial charge < -0.3 is 25.6 Å². The van der Waals surface area contributed by atoms with Gasteiger partial charge in [0.2, 0.25) is 5.91 Å². The molecule has 0 aliphatic carbocycles. The number of carbonyl (C=O) groups excluding carboxylic acids is 3. The van der Waals surface area contributed by atoms with Crippen LogP contribution in [-0.2, 0) is 19.1 Å². The Balaban J connectivity index is 1.82. The Hall–Kier alpha value is -3.47. The molecule has 2 heterocycles. The number of aliphatic carboxylic acids is 1. The van der Waals surface area contributed by atoms with Crippen molar-refractivity contribution in [3.8, 4) is 5.75 Å². The van der Waals surface area contributed by atoms with E-state index >= 15 is 0 Å². The maximum Gasteiger partial charge on any atom is 0.408 e. The summed E-state index contributed by atoms with van der Waals surface area (Å²) in [6.07, 6.45) is 2.50. The number of aromatic hydroxyl groups is 1. The fraction of sp³-hybridized carbons (Fsp3) is 0.391. The normalized spacial score (nSPS) is 20.9. The number of allylic oxidation sites excluding steroid dienone is 2. The second-order valence-corrected chi connectivity index (χ2v) is 9.85. The third-order valence-corrected chi connectivity index (χ3v) is 6.29. The van der Waals surface area contributed by atoms with Crippen molar-refractivity contribution in [2.75, 3.05) is 5.75 Å². The van der Waals surface area contributed by atoms with Crippen LogP contribution < -0.4 is 10.6 Å². The largest absolute Gasteiger partial charge is 0.508 e. The highest BCUT2D eigenvalue weighted by molar-refractivity contribution is 8.00. The minimum absolute atomic E-state index is 0.103. The van der Waals surface area contributed by atoms with Gasteiger partial charge in [-0.1, -0.05) is 24.3 Å². The van der Waals surface area contributed by atoms with E-state index in [2.05, 4.69) is 10.6 Å². The third-order valence-electron chi connectivity index (χ3n) is 4.99. The van der Waals surface area contributed by atoms with Gasteiger partial charge in [0.25, 0.3) is 5.91 Å². The molecule has 2 aliphatic rings. The van der Waals surface area contributed by atoms with Crippen molar-refractivity contribution >= 4 is 35.6 Å². The zero-order valence-corrected chi connectivity index (χ0v) is 20.0. The summed E-state index contributed by atoms with van der Waals surface area (Å²) in [5, 5.41) is 24.0. The van der Waals surface area contributed by atoms with Gasteiger partial charge in [-0.25, -0.2) is 9.59 Å². The maximum absolute atomic E-state index is 13.2. The summed E-state index contributed by atoms with van der Waals surface area (Å²) in [6.45, 7) is 6.78.